The zero-order valence-corrected chi connectivity index (χ0v) is 23.8. The highest BCUT2D eigenvalue weighted by Crippen LogP contribution is 2.29. The van der Waals surface area contributed by atoms with Crippen molar-refractivity contribution >= 4 is 11.8 Å². The lowest BCUT2D eigenvalue weighted by atomic mass is 10.0. The van der Waals surface area contributed by atoms with Crippen molar-refractivity contribution in [3.05, 3.63) is 66.1 Å². The van der Waals surface area contributed by atoms with Gasteiger partial charge in [0, 0.05) is 37.7 Å². The van der Waals surface area contributed by atoms with Crippen molar-refractivity contribution in [2.24, 2.45) is 5.73 Å². The molecule has 2 aliphatic heterocycles. The first-order chi connectivity index (χ1) is 20.3. The van der Waals surface area contributed by atoms with Crippen molar-refractivity contribution in [3.63, 3.8) is 0 Å². The third-order valence-corrected chi connectivity index (χ3v) is 7.26. The largest absolute Gasteiger partial charge is 0.573 e. The second kappa shape index (κ2) is 12.3. The van der Waals surface area contributed by atoms with E-state index in [9.17, 15) is 22.8 Å². The lowest BCUT2D eigenvalue weighted by Crippen LogP contribution is -2.42. The molecule has 0 spiro atoms. The molecule has 2 amide bonds. The fourth-order valence-corrected chi connectivity index (χ4v) is 5.18. The molecule has 2 saturated heterocycles. The van der Waals surface area contributed by atoms with Crippen molar-refractivity contribution in [2.75, 3.05) is 19.7 Å². The number of amides is 2. The Kier molecular flexibility index (Phi) is 8.65. The normalized spacial score (nSPS) is 18.9. The molecule has 0 saturated carbocycles. The summed E-state index contributed by atoms with van der Waals surface area (Å²) in [5.74, 6) is -1.36. The Morgan fingerprint density at radius 2 is 1.84 bits per heavy atom. The van der Waals surface area contributed by atoms with Gasteiger partial charge < -0.3 is 34.1 Å². The van der Waals surface area contributed by atoms with Gasteiger partial charge in [-0.05, 0) is 49.7 Å². The molecule has 2 fully saturated rings. The predicted molar refractivity (Wildman–Crippen MR) is 148 cm³/mol. The summed E-state index contributed by atoms with van der Waals surface area (Å²) in [6.45, 7) is 5.68. The van der Waals surface area contributed by atoms with Crippen LogP contribution in [0.3, 0.4) is 0 Å². The van der Waals surface area contributed by atoms with Crippen LogP contribution in [0.15, 0.2) is 55.0 Å². The van der Waals surface area contributed by atoms with E-state index in [1.807, 2.05) is 30.7 Å². The van der Waals surface area contributed by atoms with E-state index >= 15 is 0 Å². The Morgan fingerprint density at radius 1 is 1.12 bits per heavy atom. The van der Waals surface area contributed by atoms with Gasteiger partial charge in [0.05, 0.1) is 37.2 Å². The SMILES string of the molecule is CC1(C)OC[C@H](Cn2cnc(-c3ccc(OC4CCN(C(=O)Cc5ccc(OC(F)(F)F)cc5)CC4)c(C(N)=O)c3)c2)O1. The molecule has 0 radical (unpaired) electrons. The van der Waals surface area contributed by atoms with Gasteiger partial charge in [-0.15, -0.1) is 13.2 Å². The van der Waals surface area contributed by atoms with Crippen molar-refractivity contribution < 1.29 is 41.7 Å². The third kappa shape index (κ3) is 8.05. The number of nitrogens with zero attached hydrogens (tertiary/aromatic N) is 3. The highest BCUT2D eigenvalue weighted by Gasteiger charge is 2.33. The van der Waals surface area contributed by atoms with Crippen LogP contribution in [0.25, 0.3) is 11.3 Å². The van der Waals surface area contributed by atoms with Gasteiger partial charge in [0.1, 0.15) is 23.7 Å². The number of nitrogens with two attached hydrogens (primary N) is 1. The number of carbonyl (C=O) groups is 2. The quantitative estimate of drug-likeness (QED) is 0.388. The first-order valence-electron chi connectivity index (χ1n) is 13.9. The topological polar surface area (TPSA) is 118 Å². The number of likely N-dealkylation sites (tertiary alicyclic amines) is 1. The van der Waals surface area contributed by atoms with E-state index in [0.717, 1.165) is 0 Å². The maximum Gasteiger partial charge on any atom is 0.573 e. The van der Waals surface area contributed by atoms with Crippen LogP contribution in [0.1, 0.15) is 42.6 Å². The molecule has 2 aromatic carbocycles. The van der Waals surface area contributed by atoms with Crippen LogP contribution in [0, 0.1) is 0 Å². The van der Waals surface area contributed by atoms with Gasteiger partial charge >= 0.3 is 6.36 Å². The number of rotatable bonds is 9. The Balaban J connectivity index is 1.15. The lowest BCUT2D eigenvalue weighted by Gasteiger charge is -2.32. The number of halogens is 3. The molecule has 1 aromatic heterocycles. The standard InChI is InChI=1S/C30H33F3N4O6/c1-29(2)40-17-23(42-29)15-36-16-25(35-18-36)20-5-8-26(24(14-20)28(34)39)41-21-9-11-37(12-10-21)27(38)13-19-3-6-22(7-4-19)43-30(31,32)33/h3-8,14,16,18,21,23H,9-13,15,17H2,1-2H3,(H2,34,39)/t23-/m0/s1. The van der Waals surface area contributed by atoms with Gasteiger partial charge in [-0.3, -0.25) is 9.59 Å². The van der Waals surface area contributed by atoms with Crippen LogP contribution in [-0.2, 0) is 27.2 Å². The third-order valence-electron chi connectivity index (χ3n) is 7.26. The Bertz CT molecular complexity index is 1450. The number of imidazole rings is 1. The number of alkyl halides is 3. The molecule has 5 rings (SSSR count). The van der Waals surface area contributed by atoms with Gasteiger partial charge in [0.2, 0.25) is 5.91 Å². The Labute approximate surface area is 246 Å². The first-order valence-corrected chi connectivity index (χ1v) is 13.9. The summed E-state index contributed by atoms with van der Waals surface area (Å²) in [6, 6.07) is 10.4. The molecule has 0 aliphatic carbocycles. The Morgan fingerprint density at radius 3 is 2.47 bits per heavy atom. The highest BCUT2D eigenvalue weighted by atomic mass is 19.4. The number of benzene rings is 2. The number of hydrogen-bond acceptors (Lipinski definition) is 7. The summed E-state index contributed by atoms with van der Waals surface area (Å²) in [4.78, 5) is 31.3. The molecule has 2 aliphatic rings. The summed E-state index contributed by atoms with van der Waals surface area (Å²) in [6.07, 6.45) is -0.394. The van der Waals surface area contributed by atoms with Crippen LogP contribution in [0.2, 0.25) is 0 Å². The number of piperidine rings is 1. The fraction of sp³-hybridized carbons (Fsp3) is 0.433. The smallest absolute Gasteiger partial charge is 0.489 e. The van der Waals surface area contributed by atoms with Crippen LogP contribution in [0.4, 0.5) is 13.2 Å². The number of ether oxygens (including phenoxy) is 4. The molecule has 2 N–H and O–H groups in total. The molecule has 0 bridgehead atoms. The summed E-state index contributed by atoms with van der Waals surface area (Å²) in [7, 11) is 0. The average molecular weight is 603 g/mol. The predicted octanol–water partition coefficient (Wildman–Crippen LogP) is 4.31. The molecule has 10 nitrogen and oxygen atoms in total. The van der Waals surface area contributed by atoms with E-state index in [1.54, 1.807) is 23.4 Å². The van der Waals surface area contributed by atoms with Gasteiger partial charge in [-0.25, -0.2) is 4.98 Å². The molecule has 230 valence electrons. The van der Waals surface area contributed by atoms with Gasteiger partial charge in [-0.2, -0.15) is 0 Å². The van der Waals surface area contributed by atoms with Gasteiger partial charge in [-0.1, -0.05) is 12.1 Å². The van der Waals surface area contributed by atoms with E-state index < -0.39 is 18.1 Å². The minimum Gasteiger partial charge on any atom is -0.489 e. The van der Waals surface area contributed by atoms with Gasteiger partial charge in [0.25, 0.3) is 5.91 Å². The van der Waals surface area contributed by atoms with Crippen molar-refractivity contribution in [1.29, 1.82) is 0 Å². The summed E-state index contributed by atoms with van der Waals surface area (Å²) in [5.41, 5.74) is 7.88. The summed E-state index contributed by atoms with van der Waals surface area (Å²) < 4.78 is 60.5. The average Bonchev–Trinajstić information content (AvgIpc) is 3.55. The monoisotopic (exact) mass is 602 g/mol. The summed E-state index contributed by atoms with van der Waals surface area (Å²) >= 11 is 0. The zero-order valence-electron chi connectivity index (χ0n) is 23.8. The molecule has 43 heavy (non-hydrogen) atoms. The van der Waals surface area contributed by atoms with E-state index in [1.165, 1.54) is 24.3 Å². The van der Waals surface area contributed by atoms with E-state index in [0.29, 0.717) is 61.7 Å². The fourth-order valence-electron chi connectivity index (χ4n) is 5.18. The number of primary amides is 1. The van der Waals surface area contributed by atoms with Gasteiger partial charge in [0.15, 0.2) is 5.79 Å². The lowest BCUT2D eigenvalue weighted by molar-refractivity contribution is -0.274. The second-order valence-electron chi connectivity index (χ2n) is 11.0. The maximum atomic E-state index is 12.8. The molecule has 0 unspecified atom stereocenters. The highest BCUT2D eigenvalue weighted by molar-refractivity contribution is 5.97. The summed E-state index contributed by atoms with van der Waals surface area (Å²) in [5, 5.41) is 0. The number of carbonyl (C=O) groups excluding carboxylic acids is 2. The number of aromatic nitrogens is 2. The van der Waals surface area contributed by atoms with Crippen LogP contribution >= 0.6 is 0 Å². The maximum absolute atomic E-state index is 12.8. The van der Waals surface area contributed by atoms with E-state index in [2.05, 4.69) is 9.72 Å². The van der Waals surface area contributed by atoms with E-state index in [4.69, 9.17) is 19.9 Å². The minimum absolute atomic E-state index is 0.0559. The molecular weight excluding hydrogens is 569 g/mol. The van der Waals surface area contributed by atoms with Crippen LogP contribution < -0.4 is 15.2 Å². The van der Waals surface area contributed by atoms with Crippen LogP contribution in [0.5, 0.6) is 11.5 Å². The van der Waals surface area contributed by atoms with Crippen molar-refractivity contribution in [1.82, 2.24) is 14.5 Å². The molecular formula is C30H33F3N4O6. The number of hydrogen-bond donors (Lipinski definition) is 1. The van der Waals surface area contributed by atoms with Crippen molar-refractivity contribution in [2.45, 2.75) is 64.0 Å². The minimum atomic E-state index is -4.77. The van der Waals surface area contributed by atoms with Crippen LogP contribution in [-0.4, -0.2) is 70.3 Å². The zero-order chi connectivity index (χ0) is 30.8. The van der Waals surface area contributed by atoms with Crippen molar-refractivity contribution in [3.8, 4) is 22.8 Å². The second-order valence-corrected chi connectivity index (χ2v) is 11.0. The molecule has 3 heterocycles. The molecule has 3 aromatic rings. The first kappa shape index (κ1) is 30.4. The Hall–Kier alpha value is -4.10. The molecule has 13 heteroatoms. The molecule has 1 atom stereocenters. The van der Waals surface area contributed by atoms with E-state index in [-0.39, 0.29) is 35.8 Å².